The van der Waals surface area contributed by atoms with Gasteiger partial charge in [-0.2, -0.15) is 0 Å². The Balaban J connectivity index is 2.30. The molecule has 0 saturated heterocycles. The summed E-state index contributed by atoms with van der Waals surface area (Å²) in [7, 11) is 0. The fourth-order valence-corrected chi connectivity index (χ4v) is 1.31. The van der Waals surface area contributed by atoms with Crippen molar-refractivity contribution in [1.29, 1.82) is 0 Å². The van der Waals surface area contributed by atoms with Gasteiger partial charge in [-0.05, 0) is 6.92 Å². The monoisotopic (exact) mass is 177 g/mol. The van der Waals surface area contributed by atoms with Crippen LogP contribution >= 0.6 is 0 Å². The smallest absolute Gasteiger partial charge is 0.265 e. The highest BCUT2D eigenvalue weighted by atomic mass is 16.7. The second-order valence-corrected chi connectivity index (χ2v) is 3.23. The lowest BCUT2D eigenvalue weighted by Crippen LogP contribution is -2.23. The topological polar surface area (TPSA) is 41.8 Å². The van der Waals surface area contributed by atoms with Crippen molar-refractivity contribution in [3.05, 3.63) is 35.4 Å². The van der Waals surface area contributed by atoms with Crippen LogP contribution in [-0.2, 0) is 10.6 Å². The van der Waals surface area contributed by atoms with E-state index in [0.717, 1.165) is 11.1 Å². The zero-order chi connectivity index (χ0) is 9.31. The van der Waals surface area contributed by atoms with Crippen LogP contribution in [0, 0.1) is 6.92 Å². The molecule has 0 aromatic heterocycles. The molecule has 0 aliphatic carbocycles. The summed E-state index contributed by atoms with van der Waals surface area (Å²) in [6, 6.07) is 7.58. The Morgan fingerprint density at radius 2 is 2.08 bits per heavy atom. The molecule has 1 aromatic carbocycles. The van der Waals surface area contributed by atoms with Crippen LogP contribution in [0.15, 0.2) is 29.4 Å². The minimum absolute atomic E-state index is 0.413. The van der Waals surface area contributed by atoms with E-state index in [1.165, 1.54) is 0 Å². The van der Waals surface area contributed by atoms with Crippen LogP contribution in [0.3, 0.4) is 0 Å². The van der Waals surface area contributed by atoms with Crippen molar-refractivity contribution in [2.75, 3.05) is 0 Å². The van der Waals surface area contributed by atoms with Gasteiger partial charge >= 0.3 is 0 Å². The predicted octanol–water partition coefficient (Wildman–Crippen LogP) is 1.55. The summed E-state index contributed by atoms with van der Waals surface area (Å²) in [6.07, 6.45) is 1.98. The summed E-state index contributed by atoms with van der Waals surface area (Å²) in [6.45, 7) is 2.00. The third-order valence-electron chi connectivity index (χ3n) is 2.15. The van der Waals surface area contributed by atoms with E-state index in [0.29, 0.717) is 6.42 Å². The molecule has 0 fully saturated rings. The molecule has 1 aromatic rings. The molecule has 2 rings (SSSR count). The summed E-state index contributed by atoms with van der Waals surface area (Å²) in [5, 5.41) is 13.5. The Labute approximate surface area is 76.6 Å². The molecule has 0 amide bonds. The Morgan fingerprint density at radius 1 is 1.38 bits per heavy atom. The Kier molecular flexibility index (Phi) is 1.81. The van der Waals surface area contributed by atoms with Gasteiger partial charge in [-0.15, -0.1) is 0 Å². The molecule has 1 aliphatic rings. The van der Waals surface area contributed by atoms with Crippen molar-refractivity contribution in [2.45, 2.75) is 19.1 Å². The van der Waals surface area contributed by atoms with Crippen molar-refractivity contribution in [3.63, 3.8) is 0 Å². The van der Waals surface area contributed by atoms with Crippen molar-refractivity contribution < 1.29 is 9.94 Å². The van der Waals surface area contributed by atoms with Crippen LogP contribution in [0.2, 0.25) is 0 Å². The number of hydrogen-bond donors (Lipinski definition) is 1. The summed E-state index contributed by atoms with van der Waals surface area (Å²) in [5.74, 6) is -1.24. The summed E-state index contributed by atoms with van der Waals surface area (Å²) in [4.78, 5) is 4.89. The third-order valence-corrected chi connectivity index (χ3v) is 2.15. The maximum Gasteiger partial charge on any atom is 0.265 e. The van der Waals surface area contributed by atoms with Gasteiger partial charge in [0, 0.05) is 5.56 Å². The number of benzene rings is 1. The van der Waals surface area contributed by atoms with E-state index in [-0.39, 0.29) is 0 Å². The molecule has 0 bridgehead atoms. The minimum atomic E-state index is -1.24. The standard InChI is InChI=1S/C10H11NO2/c1-8-2-4-9(5-3-8)10(12)6-7-11-13-10/h2-5,7,12H,6H2,1H3. The van der Waals surface area contributed by atoms with Crippen molar-refractivity contribution in [1.82, 2.24) is 0 Å². The third kappa shape index (κ3) is 1.42. The van der Waals surface area contributed by atoms with Crippen molar-refractivity contribution >= 4 is 6.21 Å². The van der Waals surface area contributed by atoms with Gasteiger partial charge < -0.3 is 9.94 Å². The Bertz CT molecular complexity index is 321. The van der Waals surface area contributed by atoms with E-state index in [9.17, 15) is 5.11 Å². The van der Waals surface area contributed by atoms with E-state index in [2.05, 4.69) is 5.16 Å². The highest BCUT2D eigenvalue weighted by molar-refractivity contribution is 5.60. The summed E-state index contributed by atoms with van der Waals surface area (Å²) in [5.41, 5.74) is 1.90. The predicted molar refractivity (Wildman–Crippen MR) is 49.3 cm³/mol. The van der Waals surface area contributed by atoms with Gasteiger partial charge in [0.05, 0.1) is 12.6 Å². The summed E-state index contributed by atoms with van der Waals surface area (Å²) >= 11 is 0. The zero-order valence-corrected chi connectivity index (χ0v) is 7.40. The first-order chi connectivity index (χ1) is 6.21. The van der Waals surface area contributed by atoms with Gasteiger partial charge in [-0.1, -0.05) is 35.0 Å². The second-order valence-electron chi connectivity index (χ2n) is 3.23. The van der Waals surface area contributed by atoms with Crippen LogP contribution in [0.4, 0.5) is 0 Å². The lowest BCUT2D eigenvalue weighted by molar-refractivity contribution is -0.193. The Hall–Kier alpha value is -1.35. The average Bonchev–Trinajstić information content (AvgIpc) is 2.54. The molecule has 1 unspecified atom stereocenters. The van der Waals surface area contributed by atoms with Crippen molar-refractivity contribution in [3.8, 4) is 0 Å². The van der Waals surface area contributed by atoms with Crippen LogP contribution in [-0.4, -0.2) is 11.3 Å². The molecule has 3 heteroatoms. The Morgan fingerprint density at radius 3 is 2.62 bits per heavy atom. The number of rotatable bonds is 1. The maximum absolute atomic E-state index is 9.91. The number of oxime groups is 1. The van der Waals surface area contributed by atoms with Crippen LogP contribution in [0.25, 0.3) is 0 Å². The molecule has 0 radical (unpaired) electrons. The molecule has 3 nitrogen and oxygen atoms in total. The fraction of sp³-hybridized carbons (Fsp3) is 0.300. The van der Waals surface area contributed by atoms with E-state index in [1.54, 1.807) is 6.21 Å². The van der Waals surface area contributed by atoms with E-state index in [1.807, 2.05) is 31.2 Å². The first-order valence-electron chi connectivity index (χ1n) is 4.20. The maximum atomic E-state index is 9.91. The molecular weight excluding hydrogens is 166 g/mol. The van der Waals surface area contributed by atoms with Gasteiger partial charge in [0.25, 0.3) is 5.79 Å². The number of aryl methyl sites for hydroxylation is 1. The largest absolute Gasteiger partial charge is 0.355 e. The number of aliphatic hydroxyl groups is 1. The molecule has 13 heavy (non-hydrogen) atoms. The van der Waals surface area contributed by atoms with Gasteiger partial charge in [-0.25, -0.2) is 0 Å². The summed E-state index contributed by atoms with van der Waals surface area (Å²) < 4.78 is 0. The minimum Gasteiger partial charge on any atom is -0.355 e. The number of hydrogen-bond acceptors (Lipinski definition) is 3. The highest BCUT2D eigenvalue weighted by Gasteiger charge is 2.34. The SMILES string of the molecule is Cc1ccc(C2(O)CC=NO2)cc1. The first-order valence-corrected chi connectivity index (χ1v) is 4.20. The van der Waals surface area contributed by atoms with Crippen LogP contribution in [0.5, 0.6) is 0 Å². The molecular formula is C10H11NO2. The van der Waals surface area contributed by atoms with Gasteiger partial charge in [0.2, 0.25) is 0 Å². The molecule has 0 spiro atoms. The van der Waals surface area contributed by atoms with Gasteiger partial charge in [0.15, 0.2) is 0 Å². The lowest BCUT2D eigenvalue weighted by Gasteiger charge is -2.19. The first kappa shape index (κ1) is 8.26. The van der Waals surface area contributed by atoms with Crippen LogP contribution < -0.4 is 0 Å². The normalized spacial score (nSPS) is 26.0. The molecule has 1 heterocycles. The van der Waals surface area contributed by atoms with Crippen molar-refractivity contribution in [2.24, 2.45) is 5.16 Å². The number of nitrogens with zero attached hydrogens (tertiary/aromatic N) is 1. The van der Waals surface area contributed by atoms with E-state index >= 15 is 0 Å². The second kappa shape index (κ2) is 2.85. The van der Waals surface area contributed by atoms with Gasteiger partial charge in [-0.3, -0.25) is 0 Å². The van der Waals surface area contributed by atoms with Gasteiger partial charge in [0.1, 0.15) is 0 Å². The highest BCUT2D eigenvalue weighted by Crippen LogP contribution is 2.29. The fourth-order valence-electron chi connectivity index (χ4n) is 1.31. The van der Waals surface area contributed by atoms with E-state index in [4.69, 9.17) is 4.84 Å². The molecule has 68 valence electrons. The molecule has 1 aliphatic heterocycles. The molecule has 1 atom stereocenters. The van der Waals surface area contributed by atoms with Crippen LogP contribution in [0.1, 0.15) is 17.5 Å². The lowest BCUT2D eigenvalue weighted by atomic mass is 10.0. The molecule has 1 N–H and O–H groups in total. The molecule has 0 saturated carbocycles. The van der Waals surface area contributed by atoms with E-state index < -0.39 is 5.79 Å². The zero-order valence-electron chi connectivity index (χ0n) is 7.40. The quantitative estimate of drug-likeness (QED) is 0.707. The average molecular weight is 177 g/mol.